The molecule has 0 aliphatic heterocycles. The zero-order valence-electron chi connectivity index (χ0n) is 9.06. The van der Waals surface area contributed by atoms with Gasteiger partial charge in [-0.3, -0.25) is 0 Å². The maximum Gasteiger partial charge on any atom is 0.0178 e. The highest BCUT2D eigenvalue weighted by Crippen LogP contribution is 2.00. The first-order valence-corrected chi connectivity index (χ1v) is 5.08. The van der Waals surface area contributed by atoms with E-state index in [0.717, 1.165) is 5.57 Å². The quantitative estimate of drug-likeness (QED) is 0.690. The molecule has 0 saturated heterocycles. The summed E-state index contributed by atoms with van der Waals surface area (Å²) in [6, 6.07) is 0. The number of hydrogen-bond acceptors (Lipinski definition) is 1. The highest BCUT2D eigenvalue weighted by molar-refractivity contribution is 5.32. The van der Waals surface area contributed by atoms with Crippen LogP contribution < -0.4 is 5.73 Å². The fraction of sp³-hybridized carbons (Fsp3) is 0.143. The van der Waals surface area contributed by atoms with Crippen molar-refractivity contribution < 1.29 is 0 Å². The molecular formula is C14H17N. The van der Waals surface area contributed by atoms with Gasteiger partial charge in [-0.1, -0.05) is 66.3 Å². The Morgan fingerprint density at radius 3 is 2.27 bits per heavy atom. The maximum absolute atomic E-state index is 5.60. The molecule has 0 unspecified atom stereocenters. The Morgan fingerprint density at radius 2 is 1.53 bits per heavy atom. The molecule has 1 rings (SSSR count). The van der Waals surface area contributed by atoms with E-state index in [4.69, 9.17) is 5.73 Å². The molecule has 1 nitrogen and oxygen atoms in total. The van der Waals surface area contributed by atoms with E-state index in [2.05, 4.69) is 19.1 Å². The molecule has 0 aromatic heterocycles. The molecule has 1 aliphatic rings. The monoisotopic (exact) mass is 199 g/mol. The highest BCUT2D eigenvalue weighted by Gasteiger charge is 1.84. The van der Waals surface area contributed by atoms with Crippen molar-refractivity contribution in [2.45, 2.75) is 6.92 Å². The third-order valence-corrected chi connectivity index (χ3v) is 2.02. The molecule has 0 fully saturated rings. The van der Waals surface area contributed by atoms with E-state index >= 15 is 0 Å². The zero-order valence-corrected chi connectivity index (χ0v) is 9.06. The van der Waals surface area contributed by atoms with Crippen LogP contribution in [0.25, 0.3) is 0 Å². The molecule has 0 heterocycles. The lowest BCUT2D eigenvalue weighted by molar-refractivity contribution is 1.19. The molecule has 0 bridgehead atoms. The van der Waals surface area contributed by atoms with Crippen molar-refractivity contribution in [2.24, 2.45) is 5.73 Å². The standard InChI is InChI=1S/C14H17N/c1-13-8-4-2-3-5-10-14(12-15)11-7-6-9-13/h2-11H,12,15H2,1H3/b3-2?,4-2-,5-3-,7-6?,8-4?,9-6-,10-5?,11-7-,13-8-,13-9?,14-10+,14-11?. The summed E-state index contributed by atoms with van der Waals surface area (Å²) in [4.78, 5) is 0. The van der Waals surface area contributed by atoms with Crippen LogP contribution in [0.4, 0.5) is 0 Å². The van der Waals surface area contributed by atoms with Crippen molar-refractivity contribution in [3.63, 3.8) is 0 Å². The van der Waals surface area contributed by atoms with E-state index in [-0.39, 0.29) is 0 Å². The average molecular weight is 199 g/mol. The summed E-state index contributed by atoms with van der Waals surface area (Å²) in [6.07, 6.45) is 20.3. The summed E-state index contributed by atoms with van der Waals surface area (Å²) in [5, 5.41) is 0. The Morgan fingerprint density at radius 1 is 0.867 bits per heavy atom. The zero-order chi connectivity index (χ0) is 10.9. The van der Waals surface area contributed by atoms with Gasteiger partial charge < -0.3 is 5.73 Å². The Labute approximate surface area is 91.7 Å². The molecule has 1 heteroatoms. The SMILES string of the molecule is CC1=C/C=C\C=C/C=C(CN)\C=C/C=C\1. The molecule has 1 aliphatic carbocycles. The van der Waals surface area contributed by atoms with Gasteiger partial charge in [0.25, 0.3) is 0 Å². The minimum Gasteiger partial charge on any atom is -0.326 e. The first-order valence-electron chi connectivity index (χ1n) is 5.08. The van der Waals surface area contributed by atoms with E-state index < -0.39 is 0 Å². The van der Waals surface area contributed by atoms with Gasteiger partial charge in [0, 0.05) is 6.54 Å². The Hall–Kier alpha value is -1.60. The topological polar surface area (TPSA) is 26.0 Å². The van der Waals surface area contributed by atoms with Crippen molar-refractivity contribution in [3.8, 4) is 0 Å². The van der Waals surface area contributed by atoms with E-state index in [1.165, 1.54) is 5.57 Å². The van der Waals surface area contributed by atoms with E-state index in [1.54, 1.807) is 0 Å². The third-order valence-electron chi connectivity index (χ3n) is 2.02. The molecule has 78 valence electrons. The number of rotatable bonds is 1. The first-order chi connectivity index (χ1) is 7.33. The van der Waals surface area contributed by atoms with Crippen LogP contribution in [0.1, 0.15) is 6.92 Å². The summed E-state index contributed by atoms with van der Waals surface area (Å²) in [7, 11) is 0. The van der Waals surface area contributed by atoms with Crippen molar-refractivity contribution in [1.82, 2.24) is 0 Å². The van der Waals surface area contributed by atoms with Gasteiger partial charge >= 0.3 is 0 Å². The maximum atomic E-state index is 5.60. The molecule has 2 N–H and O–H groups in total. The van der Waals surface area contributed by atoms with Crippen LogP contribution in [0, 0.1) is 0 Å². The van der Waals surface area contributed by atoms with Gasteiger partial charge in [0.15, 0.2) is 0 Å². The van der Waals surface area contributed by atoms with E-state index in [1.807, 2.05) is 48.6 Å². The smallest absolute Gasteiger partial charge is 0.0178 e. The van der Waals surface area contributed by atoms with Crippen LogP contribution in [-0.2, 0) is 0 Å². The molecule has 0 amide bonds. The molecule has 0 saturated carbocycles. The predicted octanol–water partition coefficient (Wildman–Crippen LogP) is 3.06. The molecule has 15 heavy (non-hydrogen) atoms. The molecule has 0 radical (unpaired) electrons. The Kier molecular flexibility index (Phi) is 5.20. The molecule has 0 aromatic rings. The molecule has 0 spiro atoms. The van der Waals surface area contributed by atoms with Crippen LogP contribution >= 0.6 is 0 Å². The van der Waals surface area contributed by atoms with Crippen LogP contribution in [0.2, 0.25) is 0 Å². The molecule has 0 atom stereocenters. The minimum atomic E-state index is 0.563. The lowest BCUT2D eigenvalue weighted by Crippen LogP contribution is -2.00. The summed E-state index contributed by atoms with van der Waals surface area (Å²) in [6.45, 7) is 2.64. The van der Waals surface area contributed by atoms with Gasteiger partial charge in [0.1, 0.15) is 0 Å². The summed E-state index contributed by atoms with van der Waals surface area (Å²) >= 11 is 0. The van der Waals surface area contributed by atoms with Crippen LogP contribution in [-0.4, -0.2) is 6.54 Å². The van der Waals surface area contributed by atoms with Gasteiger partial charge in [-0.2, -0.15) is 0 Å². The van der Waals surface area contributed by atoms with Crippen molar-refractivity contribution in [1.29, 1.82) is 0 Å². The van der Waals surface area contributed by atoms with Crippen molar-refractivity contribution >= 4 is 0 Å². The second kappa shape index (κ2) is 6.80. The fourth-order valence-electron chi connectivity index (χ4n) is 1.15. The van der Waals surface area contributed by atoms with Crippen LogP contribution in [0.5, 0.6) is 0 Å². The summed E-state index contributed by atoms with van der Waals surface area (Å²) in [5.41, 5.74) is 7.95. The predicted molar refractivity (Wildman–Crippen MR) is 67.5 cm³/mol. The van der Waals surface area contributed by atoms with Gasteiger partial charge in [0.2, 0.25) is 0 Å². The Balaban J connectivity index is 2.89. The third kappa shape index (κ3) is 4.99. The second-order valence-corrected chi connectivity index (χ2v) is 3.34. The number of allylic oxidation sites excluding steroid dienone is 10. The number of nitrogens with two attached hydrogens (primary N) is 1. The van der Waals surface area contributed by atoms with Gasteiger partial charge in [-0.15, -0.1) is 0 Å². The Bertz CT molecular complexity index is 363. The van der Waals surface area contributed by atoms with E-state index in [0.29, 0.717) is 6.54 Å². The normalized spacial score (nSPS) is 32.1. The van der Waals surface area contributed by atoms with Crippen molar-refractivity contribution in [3.05, 3.63) is 71.9 Å². The van der Waals surface area contributed by atoms with E-state index in [9.17, 15) is 0 Å². The number of hydrogen-bond donors (Lipinski definition) is 1. The average Bonchev–Trinajstić information content (AvgIpc) is 2.23. The van der Waals surface area contributed by atoms with Gasteiger partial charge in [-0.25, -0.2) is 0 Å². The summed E-state index contributed by atoms with van der Waals surface area (Å²) < 4.78 is 0. The van der Waals surface area contributed by atoms with Gasteiger partial charge in [-0.05, 0) is 12.5 Å². The van der Waals surface area contributed by atoms with Crippen molar-refractivity contribution in [2.75, 3.05) is 6.54 Å². The highest BCUT2D eigenvalue weighted by atomic mass is 14.5. The summed E-state index contributed by atoms with van der Waals surface area (Å²) in [5.74, 6) is 0. The minimum absolute atomic E-state index is 0.563. The molecule has 0 aromatic carbocycles. The lowest BCUT2D eigenvalue weighted by Gasteiger charge is -1.93. The fourth-order valence-corrected chi connectivity index (χ4v) is 1.15. The van der Waals surface area contributed by atoms with Crippen LogP contribution in [0.3, 0.4) is 0 Å². The lowest BCUT2D eigenvalue weighted by atomic mass is 10.2. The van der Waals surface area contributed by atoms with Crippen LogP contribution in [0.15, 0.2) is 71.9 Å². The first kappa shape index (κ1) is 11.5. The largest absolute Gasteiger partial charge is 0.326 e. The second-order valence-electron chi connectivity index (χ2n) is 3.34. The van der Waals surface area contributed by atoms with Gasteiger partial charge in [0.05, 0.1) is 0 Å². The molecular weight excluding hydrogens is 182 g/mol.